The number of likely N-dealkylation sites (tertiary alicyclic amines) is 1. The monoisotopic (exact) mass is 391 g/mol. The predicted molar refractivity (Wildman–Crippen MR) is 94.7 cm³/mol. The van der Waals surface area contributed by atoms with E-state index in [2.05, 4.69) is 0 Å². The minimum Gasteiger partial charge on any atom is -0.481 e. The van der Waals surface area contributed by atoms with E-state index in [-0.39, 0.29) is 13.0 Å². The second-order valence-corrected chi connectivity index (χ2v) is 7.04. The van der Waals surface area contributed by atoms with E-state index in [9.17, 15) is 22.8 Å². The highest BCUT2D eigenvalue weighted by atomic mass is 19.4. The summed E-state index contributed by atoms with van der Waals surface area (Å²) < 4.78 is 45.5. The molecule has 28 heavy (non-hydrogen) atoms. The lowest BCUT2D eigenvalue weighted by Gasteiger charge is -2.27. The van der Waals surface area contributed by atoms with Crippen LogP contribution >= 0.6 is 0 Å². The molecule has 3 aromatic rings. The van der Waals surface area contributed by atoms with E-state index in [4.69, 9.17) is 9.52 Å². The highest BCUT2D eigenvalue weighted by molar-refractivity contribution is 6.06. The molecule has 0 bridgehead atoms. The van der Waals surface area contributed by atoms with Crippen LogP contribution in [0.4, 0.5) is 13.2 Å². The van der Waals surface area contributed by atoms with Crippen LogP contribution < -0.4 is 0 Å². The van der Waals surface area contributed by atoms with Crippen LogP contribution in [0.15, 0.2) is 46.9 Å². The van der Waals surface area contributed by atoms with Gasteiger partial charge < -0.3 is 14.4 Å². The fraction of sp³-hybridized carbons (Fsp3) is 0.300. The first-order valence-electron chi connectivity index (χ1n) is 8.69. The van der Waals surface area contributed by atoms with Crippen molar-refractivity contribution in [2.75, 3.05) is 13.1 Å². The number of carboxylic acids is 1. The van der Waals surface area contributed by atoms with Gasteiger partial charge in [-0.3, -0.25) is 9.59 Å². The Morgan fingerprint density at radius 3 is 2.57 bits per heavy atom. The van der Waals surface area contributed by atoms with Gasteiger partial charge in [0.05, 0.1) is 6.42 Å². The zero-order valence-corrected chi connectivity index (χ0v) is 14.6. The molecule has 0 radical (unpaired) electrons. The van der Waals surface area contributed by atoms with E-state index < -0.39 is 36.4 Å². The number of halogens is 3. The van der Waals surface area contributed by atoms with Crippen LogP contribution in [-0.4, -0.2) is 41.1 Å². The van der Waals surface area contributed by atoms with Crippen LogP contribution in [-0.2, 0) is 16.0 Å². The van der Waals surface area contributed by atoms with Crippen molar-refractivity contribution in [2.24, 2.45) is 5.41 Å². The number of furan rings is 1. The Hall–Kier alpha value is -3.03. The third-order valence-electron chi connectivity index (χ3n) is 5.38. The molecule has 8 heteroatoms. The van der Waals surface area contributed by atoms with E-state index >= 15 is 0 Å². The third kappa shape index (κ3) is 2.80. The van der Waals surface area contributed by atoms with Crippen molar-refractivity contribution in [1.29, 1.82) is 0 Å². The number of benzene rings is 2. The SMILES string of the molecule is O=C(Cc1cc2c(ccc3ccccc32)o1)N1CCC(C(=O)O)(C(F)(F)F)C1. The van der Waals surface area contributed by atoms with Crippen molar-refractivity contribution in [3.63, 3.8) is 0 Å². The van der Waals surface area contributed by atoms with Gasteiger partial charge in [0, 0.05) is 18.5 Å². The van der Waals surface area contributed by atoms with Gasteiger partial charge in [-0.1, -0.05) is 30.3 Å². The normalized spacial score (nSPS) is 20.2. The first-order chi connectivity index (χ1) is 13.2. The second-order valence-electron chi connectivity index (χ2n) is 7.04. The lowest BCUT2D eigenvalue weighted by molar-refractivity contribution is -0.227. The summed E-state index contributed by atoms with van der Waals surface area (Å²) in [6.07, 6.45) is -5.80. The van der Waals surface area contributed by atoms with Crippen molar-refractivity contribution in [3.05, 3.63) is 48.2 Å². The molecule has 0 saturated carbocycles. The molecule has 1 N–H and O–H groups in total. The molecule has 1 fully saturated rings. The molecule has 1 unspecified atom stereocenters. The van der Waals surface area contributed by atoms with Gasteiger partial charge in [-0.05, 0) is 29.3 Å². The zero-order valence-electron chi connectivity index (χ0n) is 14.6. The fourth-order valence-electron chi connectivity index (χ4n) is 3.74. The summed E-state index contributed by atoms with van der Waals surface area (Å²) in [5.74, 6) is -2.21. The average Bonchev–Trinajstić information content (AvgIpc) is 3.26. The number of nitrogens with zero attached hydrogens (tertiary/aromatic N) is 1. The molecule has 1 saturated heterocycles. The van der Waals surface area contributed by atoms with Crippen molar-refractivity contribution in [2.45, 2.75) is 19.0 Å². The fourth-order valence-corrected chi connectivity index (χ4v) is 3.74. The van der Waals surface area contributed by atoms with Crippen LogP contribution in [0.5, 0.6) is 0 Å². The van der Waals surface area contributed by atoms with Crippen LogP contribution in [0, 0.1) is 5.41 Å². The molecule has 1 atom stereocenters. The molecule has 146 valence electrons. The van der Waals surface area contributed by atoms with Crippen LogP contribution in [0.25, 0.3) is 21.7 Å². The van der Waals surface area contributed by atoms with Crippen LogP contribution in [0.2, 0.25) is 0 Å². The summed E-state index contributed by atoms with van der Waals surface area (Å²) in [5.41, 5.74) is -2.33. The van der Waals surface area contributed by atoms with Gasteiger partial charge in [0.15, 0.2) is 5.41 Å². The molecule has 1 aliphatic rings. The van der Waals surface area contributed by atoms with Gasteiger partial charge in [-0.2, -0.15) is 13.2 Å². The summed E-state index contributed by atoms with van der Waals surface area (Å²) in [6, 6.07) is 13.0. The lowest BCUT2D eigenvalue weighted by Crippen LogP contribution is -2.47. The van der Waals surface area contributed by atoms with E-state index in [0.717, 1.165) is 21.1 Å². The first kappa shape index (κ1) is 18.3. The Morgan fingerprint density at radius 2 is 1.89 bits per heavy atom. The zero-order chi connectivity index (χ0) is 20.1. The largest absolute Gasteiger partial charge is 0.481 e. The quantitative estimate of drug-likeness (QED) is 0.733. The Balaban J connectivity index is 1.58. The van der Waals surface area contributed by atoms with E-state index in [1.807, 2.05) is 30.3 Å². The number of carboxylic acid groups (broad SMARTS) is 1. The number of fused-ring (bicyclic) bond motifs is 3. The van der Waals surface area contributed by atoms with E-state index in [0.29, 0.717) is 11.3 Å². The molecule has 1 aromatic heterocycles. The number of amides is 1. The third-order valence-corrected chi connectivity index (χ3v) is 5.38. The summed E-state index contributed by atoms with van der Waals surface area (Å²) in [4.78, 5) is 24.7. The molecule has 0 aliphatic carbocycles. The lowest BCUT2D eigenvalue weighted by atomic mass is 9.86. The van der Waals surface area contributed by atoms with Crippen molar-refractivity contribution in [3.8, 4) is 0 Å². The van der Waals surface area contributed by atoms with Gasteiger partial charge in [-0.15, -0.1) is 0 Å². The number of hydrogen-bond acceptors (Lipinski definition) is 3. The molecule has 5 nitrogen and oxygen atoms in total. The summed E-state index contributed by atoms with van der Waals surface area (Å²) in [5, 5.41) is 11.9. The second kappa shape index (κ2) is 6.25. The molecular formula is C20H16F3NO4. The minimum atomic E-state index is -4.92. The Morgan fingerprint density at radius 1 is 1.14 bits per heavy atom. The Bertz CT molecular complexity index is 1090. The number of carbonyl (C=O) groups excluding carboxylic acids is 1. The van der Waals surface area contributed by atoms with Gasteiger partial charge >= 0.3 is 12.1 Å². The summed E-state index contributed by atoms with van der Waals surface area (Å²) in [7, 11) is 0. The van der Waals surface area contributed by atoms with E-state index in [1.54, 1.807) is 12.1 Å². The number of rotatable bonds is 3. The summed E-state index contributed by atoms with van der Waals surface area (Å²) in [6.45, 7) is -1.14. The first-order valence-corrected chi connectivity index (χ1v) is 8.69. The average molecular weight is 391 g/mol. The van der Waals surface area contributed by atoms with Crippen molar-refractivity contribution < 1.29 is 32.3 Å². The number of aliphatic carboxylic acids is 1. The van der Waals surface area contributed by atoms with Gasteiger partial charge in [0.25, 0.3) is 0 Å². The highest BCUT2D eigenvalue weighted by Gasteiger charge is 2.64. The maximum absolute atomic E-state index is 13.3. The maximum atomic E-state index is 13.3. The smallest absolute Gasteiger partial charge is 0.406 e. The molecule has 2 heterocycles. The summed E-state index contributed by atoms with van der Waals surface area (Å²) >= 11 is 0. The van der Waals surface area contributed by atoms with Gasteiger partial charge in [-0.25, -0.2) is 0 Å². The number of alkyl halides is 3. The van der Waals surface area contributed by atoms with Crippen molar-refractivity contribution >= 4 is 33.6 Å². The van der Waals surface area contributed by atoms with Gasteiger partial charge in [0.2, 0.25) is 5.91 Å². The maximum Gasteiger partial charge on any atom is 0.406 e. The Labute approximate surface area is 157 Å². The molecule has 1 amide bonds. The molecule has 1 aliphatic heterocycles. The molecule has 2 aromatic carbocycles. The molecule has 4 rings (SSSR count). The minimum absolute atomic E-state index is 0.226. The topological polar surface area (TPSA) is 70.8 Å². The number of carbonyl (C=O) groups is 2. The molecule has 0 spiro atoms. The number of hydrogen-bond donors (Lipinski definition) is 1. The molecular weight excluding hydrogens is 375 g/mol. The van der Waals surface area contributed by atoms with Crippen LogP contribution in [0.1, 0.15) is 12.2 Å². The van der Waals surface area contributed by atoms with Gasteiger partial charge in [0.1, 0.15) is 11.3 Å². The van der Waals surface area contributed by atoms with Crippen LogP contribution in [0.3, 0.4) is 0 Å². The predicted octanol–water partition coefficient (Wildman–Crippen LogP) is 3.99. The Kier molecular flexibility index (Phi) is 4.10. The van der Waals surface area contributed by atoms with Crippen molar-refractivity contribution in [1.82, 2.24) is 4.90 Å². The highest BCUT2D eigenvalue weighted by Crippen LogP contribution is 2.45. The standard InChI is InChI=1S/C20H16F3NO4/c21-20(22,23)19(18(26)27)7-8-24(11-19)17(25)10-13-9-15-14-4-2-1-3-12(14)5-6-16(15)28-13/h1-6,9H,7-8,10-11H2,(H,26,27). The van der Waals surface area contributed by atoms with E-state index in [1.165, 1.54) is 0 Å².